The van der Waals surface area contributed by atoms with Gasteiger partial charge >= 0.3 is 0 Å². The molecule has 0 atom stereocenters. The lowest BCUT2D eigenvalue weighted by atomic mass is 10.1. The van der Waals surface area contributed by atoms with Crippen molar-refractivity contribution in [2.24, 2.45) is 0 Å². The van der Waals surface area contributed by atoms with Gasteiger partial charge in [-0.25, -0.2) is 4.98 Å². The van der Waals surface area contributed by atoms with Crippen LogP contribution < -0.4 is 0 Å². The lowest BCUT2D eigenvalue weighted by Gasteiger charge is -2.34. The molecule has 0 unspecified atom stereocenters. The molecule has 0 radical (unpaired) electrons. The molecule has 25 heavy (non-hydrogen) atoms. The molecule has 0 spiro atoms. The molecule has 1 aliphatic carbocycles. The van der Waals surface area contributed by atoms with E-state index >= 15 is 0 Å². The first-order chi connectivity index (χ1) is 12.2. The quantitative estimate of drug-likeness (QED) is 0.823. The molecule has 1 amide bonds. The second kappa shape index (κ2) is 7.44. The number of halogens is 1. The van der Waals surface area contributed by atoms with E-state index in [0.717, 1.165) is 44.7 Å². The van der Waals surface area contributed by atoms with Gasteiger partial charge in [-0.3, -0.25) is 9.69 Å². The van der Waals surface area contributed by atoms with Crippen LogP contribution in [0, 0.1) is 0 Å². The van der Waals surface area contributed by atoms with Crippen LogP contribution in [0.2, 0.25) is 5.02 Å². The number of amides is 1. The van der Waals surface area contributed by atoms with Gasteiger partial charge in [0.15, 0.2) is 0 Å². The number of aromatic nitrogens is 1. The van der Waals surface area contributed by atoms with Gasteiger partial charge in [0.1, 0.15) is 5.01 Å². The topological polar surface area (TPSA) is 36.4 Å². The summed E-state index contributed by atoms with van der Waals surface area (Å²) in [5.41, 5.74) is 2.35. The molecule has 132 valence electrons. The van der Waals surface area contributed by atoms with Gasteiger partial charge in [0.25, 0.3) is 0 Å². The average molecular weight is 376 g/mol. The maximum absolute atomic E-state index is 12.5. The van der Waals surface area contributed by atoms with Crippen LogP contribution in [0.4, 0.5) is 0 Å². The molecule has 1 saturated heterocycles. The Kier molecular flexibility index (Phi) is 5.06. The Balaban J connectivity index is 1.27. The van der Waals surface area contributed by atoms with Crippen LogP contribution >= 0.6 is 22.9 Å². The van der Waals surface area contributed by atoms with Crippen LogP contribution in [0.3, 0.4) is 0 Å². The first-order valence-corrected chi connectivity index (χ1v) is 10.1. The van der Waals surface area contributed by atoms with Crippen molar-refractivity contribution in [2.45, 2.75) is 32.2 Å². The van der Waals surface area contributed by atoms with E-state index in [9.17, 15) is 4.79 Å². The molecular formula is C19H22ClN3OS. The van der Waals surface area contributed by atoms with Gasteiger partial charge in [-0.2, -0.15) is 0 Å². The normalized spacial score (nSPS) is 17.7. The van der Waals surface area contributed by atoms with Crippen molar-refractivity contribution in [1.29, 1.82) is 0 Å². The van der Waals surface area contributed by atoms with Gasteiger partial charge in [0.05, 0.1) is 18.7 Å². The fourth-order valence-electron chi connectivity index (χ4n) is 3.55. The Labute approximate surface area is 157 Å². The van der Waals surface area contributed by atoms with E-state index in [-0.39, 0.29) is 5.91 Å². The Morgan fingerprint density at radius 2 is 1.88 bits per heavy atom. The number of carbonyl (C=O) groups is 1. The van der Waals surface area contributed by atoms with E-state index in [1.54, 1.807) is 0 Å². The van der Waals surface area contributed by atoms with Gasteiger partial charge in [-0.1, -0.05) is 23.7 Å². The van der Waals surface area contributed by atoms with Crippen LogP contribution in [0.25, 0.3) is 0 Å². The Morgan fingerprint density at radius 3 is 2.60 bits per heavy atom. The summed E-state index contributed by atoms with van der Waals surface area (Å²) >= 11 is 7.78. The Hall–Kier alpha value is -1.43. The van der Waals surface area contributed by atoms with Crippen molar-refractivity contribution in [1.82, 2.24) is 14.8 Å². The van der Waals surface area contributed by atoms with Crippen molar-refractivity contribution in [3.63, 3.8) is 0 Å². The highest BCUT2D eigenvalue weighted by atomic mass is 35.5. The number of rotatable bonds is 4. The Bertz CT molecular complexity index is 729. The van der Waals surface area contributed by atoms with E-state index in [1.165, 1.54) is 28.4 Å². The standard InChI is InChI=1S/C19H22ClN3OS/c20-15-6-4-14(5-7-15)12-19(24)23-10-8-22(9-11-23)13-18-21-16-2-1-3-17(16)25-18/h4-7H,1-3,8-13H2. The third-order valence-corrected chi connectivity index (χ3v) is 6.39. The first-order valence-electron chi connectivity index (χ1n) is 8.89. The highest BCUT2D eigenvalue weighted by Gasteiger charge is 2.23. The number of fused-ring (bicyclic) bond motifs is 1. The maximum atomic E-state index is 12.5. The minimum Gasteiger partial charge on any atom is -0.340 e. The van der Waals surface area contributed by atoms with Crippen molar-refractivity contribution in [3.8, 4) is 0 Å². The molecular weight excluding hydrogens is 354 g/mol. The SMILES string of the molecule is O=C(Cc1ccc(Cl)cc1)N1CCN(Cc2nc3c(s2)CCC3)CC1. The van der Waals surface area contributed by atoms with Crippen LogP contribution in [-0.2, 0) is 30.6 Å². The number of hydrogen-bond acceptors (Lipinski definition) is 4. The number of nitrogens with zero attached hydrogens (tertiary/aromatic N) is 3. The second-order valence-corrected chi connectivity index (χ2v) is 8.40. The van der Waals surface area contributed by atoms with E-state index < -0.39 is 0 Å². The highest BCUT2D eigenvalue weighted by molar-refractivity contribution is 7.11. The minimum atomic E-state index is 0.204. The van der Waals surface area contributed by atoms with Crippen molar-refractivity contribution < 1.29 is 4.79 Å². The predicted octanol–water partition coefficient (Wildman–Crippen LogP) is 3.17. The van der Waals surface area contributed by atoms with Crippen LogP contribution in [-0.4, -0.2) is 46.9 Å². The molecule has 1 fully saturated rings. The number of carbonyl (C=O) groups excluding carboxylic acids is 1. The molecule has 4 rings (SSSR count). The molecule has 6 heteroatoms. The molecule has 4 nitrogen and oxygen atoms in total. The summed E-state index contributed by atoms with van der Waals surface area (Å²) in [5, 5.41) is 1.95. The van der Waals surface area contributed by atoms with Crippen molar-refractivity contribution in [2.75, 3.05) is 26.2 Å². The number of thiazole rings is 1. The molecule has 0 bridgehead atoms. The third kappa shape index (κ3) is 4.05. The Morgan fingerprint density at radius 1 is 1.12 bits per heavy atom. The zero-order valence-corrected chi connectivity index (χ0v) is 15.8. The largest absolute Gasteiger partial charge is 0.340 e. The molecule has 0 saturated carbocycles. The second-order valence-electron chi connectivity index (χ2n) is 6.79. The molecule has 1 aromatic carbocycles. The summed E-state index contributed by atoms with van der Waals surface area (Å²) in [7, 11) is 0. The van der Waals surface area contributed by atoms with Crippen LogP contribution in [0.1, 0.15) is 27.6 Å². The number of benzene rings is 1. The van der Waals surface area contributed by atoms with E-state index in [2.05, 4.69) is 4.90 Å². The molecule has 2 aromatic rings. The monoisotopic (exact) mass is 375 g/mol. The van der Waals surface area contributed by atoms with E-state index in [1.807, 2.05) is 40.5 Å². The molecule has 2 aliphatic rings. The van der Waals surface area contributed by atoms with E-state index in [4.69, 9.17) is 16.6 Å². The molecule has 1 aliphatic heterocycles. The zero-order valence-electron chi connectivity index (χ0n) is 14.2. The van der Waals surface area contributed by atoms with Crippen molar-refractivity contribution >= 4 is 28.8 Å². The zero-order chi connectivity index (χ0) is 17.2. The molecule has 1 aromatic heterocycles. The fourth-order valence-corrected chi connectivity index (χ4v) is 4.87. The van der Waals surface area contributed by atoms with Gasteiger partial charge in [-0.15, -0.1) is 11.3 Å². The lowest BCUT2D eigenvalue weighted by Crippen LogP contribution is -2.48. The summed E-state index contributed by atoms with van der Waals surface area (Å²) in [6.07, 6.45) is 4.08. The molecule has 0 N–H and O–H groups in total. The van der Waals surface area contributed by atoms with Crippen LogP contribution in [0.5, 0.6) is 0 Å². The summed E-state index contributed by atoms with van der Waals surface area (Å²) in [6.45, 7) is 4.39. The van der Waals surface area contributed by atoms with Gasteiger partial charge < -0.3 is 4.90 Å². The molecule has 2 heterocycles. The smallest absolute Gasteiger partial charge is 0.227 e. The van der Waals surface area contributed by atoms with E-state index in [0.29, 0.717) is 11.4 Å². The predicted molar refractivity (Wildman–Crippen MR) is 101 cm³/mol. The summed E-state index contributed by atoms with van der Waals surface area (Å²) in [5.74, 6) is 0.204. The van der Waals surface area contributed by atoms with Crippen molar-refractivity contribution in [3.05, 3.63) is 50.4 Å². The number of hydrogen-bond donors (Lipinski definition) is 0. The number of aryl methyl sites for hydroxylation is 2. The lowest BCUT2D eigenvalue weighted by molar-refractivity contribution is -0.132. The van der Waals surface area contributed by atoms with Gasteiger partial charge in [-0.05, 0) is 37.0 Å². The fraction of sp³-hybridized carbons (Fsp3) is 0.474. The number of piperazine rings is 1. The average Bonchev–Trinajstić information content (AvgIpc) is 3.19. The summed E-state index contributed by atoms with van der Waals surface area (Å²) in [4.78, 5) is 23.2. The van der Waals surface area contributed by atoms with Crippen LogP contribution in [0.15, 0.2) is 24.3 Å². The highest BCUT2D eigenvalue weighted by Crippen LogP contribution is 2.28. The third-order valence-electron chi connectivity index (χ3n) is 4.99. The maximum Gasteiger partial charge on any atom is 0.227 e. The van der Waals surface area contributed by atoms with Gasteiger partial charge in [0.2, 0.25) is 5.91 Å². The summed E-state index contributed by atoms with van der Waals surface area (Å²) in [6, 6.07) is 7.54. The minimum absolute atomic E-state index is 0.204. The first kappa shape index (κ1) is 17.0. The van der Waals surface area contributed by atoms with Gasteiger partial charge in [0, 0.05) is 36.1 Å². The summed E-state index contributed by atoms with van der Waals surface area (Å²) < 4.78 is 0.